The highest BCUT2D eigenvalue weighted by Gasteiger charge is 1.94. The molecule has 0 fully saturated rings. The molecule has 0 saturated heterocycles. The van der Waals surface area contributed by atoms with Crippen LogP contribution in [0.4, 0.5) is 0 Å². The first-order chi connectivity index (χ1) is 7.36. The molecule has 0 aliphatic carbocycles. The van der Waals surface area contributed by atoms with Gasteiger partial charge < -0.3 is 5.32 Å². The van der Waals surface area contributed by atoms with Crippen molar-refractivity contribution in [3.05, 3.63) is 29.8 Å². The summed E-state index contributed by atoms with van der Waals surface area (Å²) in [6, 6.07) is 8.75. The summed E-state index contributed by atoms with van der Waals surface area (Å²) in [4.78, 5) is 1.35. The van der Waals surface area contributed by atoms with Crippen LogP contribution in [0.1, 0.15) is 12.5 Å². The summed E-state index contributed by atoms with van der Waals surface area (Å²) in [5, 5.41) is 3.18. The number of benzene rings is 1. The molecule has 0 amide bonds. The van der Waals surface area contributed by atoms with E-state index < -0.39 is 0 Å². The van der Waals surface area contributed by atoms with Gasteiger partial charge in [-0.2, -0.15) is 0 Å². The second-order valence-electron chi connectivity index (χ2n) is 3.21. The summed E-state index contributed by atoms with van der Waals surface area (Å²) in [5.74, 6) is 6.27. The number of rotatable bonds is 7. The minimum absolute atomic E-state index is 0.657. The molecule has 0 aliphatic heterocycles. The summed E-state index contributed by atoms with van der Waals surface area (Å²) in [5.41, 5.74) is 3.93. The van der Waals surface area contributed by atoms with Crippen LogP contribution < -0.4 is 16.6 Å². The summed E-state index contributed by atoms with van der Waals surface area (Å²) in [7, 11) is 0. The van der Waals surface area contributed by atoms with Gasteiger partial charge in [-0.05, 0) is 29.9 Å². The van der Waals surface area contributed by atoms with E-state index in [1.165, 1.54) is 10.5 Å². The predicted molar refractivity (Wildman–Crippen MR) is 66.7 cm³/mol. The molecule has 84 valence electrons. The third-order valence-corrected chi connectivity index (χ3v) is 2.95. The van der Waals surface area contributed by atoms with Crippen molar-refractivity contribution in [3.8, 4) is 0 Å². The SMILES string of the molecule is CCSc1ccc(CCNCNN)cc1. The monoisotopic (exact) mass is 225 g/mol. The van der Waals surface area contributed by atoms with E-state index in [-0.39, 0.29) is 0 Å². The van der Waals surface area contributed by atoms with Gasteiger partial charge in [-0.3, -0.25) is 5.84 Å². The third-order valence-electron chi connectivity index (χ3n) is 2.05. The second kappa shape index (κ2) is 7.70. The minimum Gasteiger partial charge on any atom is -0.303 e. The molecule has 3 nitrogen and oxygen atoms in total. The fourth-order valence-corrected chi connectivity index (χ4v) is 1.97. The highest BCUT2D eigenvalue weighted by Crippen LogP contribution is 2.17. The molecule has 4 heteroatoms. The zero-order valence-electron chi connectivity index (χ0n) is 9.12. The van der Waals surface area contributed by atoms with Crippen LogP contribution in [0.2, 0.25) is 0 Å². The number of hydrogen-bond acceptors (Lipinski definition) is 4. The van der Waals surface area contributed by atoms with Gasteiger partial charge in [-0.15, -0.1) is 11.8 Å². The molecule has 1 aromatic rings. The van der Waals surface area contributed by atoms with Crippen LogP contribution in [-0.4, -0.2) is 19.0 Å². The Labute approximate surface area is 95.8 Å². The molecule has 0 bridgehead atoms. The molecule has 1 rings (SSSR count). The van der Waals surface area contributed by atoms with Crippen molar-refractivity contribution in [2.75, 3.05) is 19.0 Å². The number of nitrogens with two attached hydrogens (primary N) is 1. The van der Waals surface area contributed by atoms with Gasteiger partial charge in [0.05, 0.1) is 6.67 Å². The van der Waals surface area contributed by atoms with Gasteiger partial charge in [0.2, 0.25) is 0 Å². The first kappa shape index (κ1) is 12.5. The van der Waals surface area contributed by atoms with Crippen molar-refractivity contribution >= 4 is 11.8 Å². The number of nitrogens with one attached hydrogen (secondary N) is 2. The standard InChI is InChI=1S/C11H19N3S/c1-2-15-11-5-3-10(4-6-11)7-8-13-9-14-12/h3-6,13-14H,2,7-9,12H2,1H3. The Kier molecular flexibility index (Phi) is 6.43. The fraction of sp³-hybridized carbons (Fsp3) is 0.455. The van der Waals surface area contributed by atoms with E-state index in [1.807, 2.05) is 11.8 Å². The molecule has 4 N–H and O–H groups in total. The average molecular weight is 225 g/mol. The molecule has 1 aromatic carbocycles. The van der Waals surface area contributed by atoms with Gasteiger partial charge in [0.15, 0.2) is 0 Å². The Morgan fingerprint density at radius 1 is 1.27 bits per heavy atom. The first-order valence-corrected chi connectivity index (χ1v) is 6.21. The summed E-state index contributed by atoms with van der Waals surface area (Å²) < 4.78 is 0. The quantitative estimate of drug-likeness (QED) is 0.216. The highest BCUT2D eigenvalue weighted by molar-refractivity contribution is 7.99. The van der Waals surface area contributed by atoms with E-state index in [0.717, 1.165) is 18.7 Å². The molecule has 15 heavy (non-hydrogen) atoms. The predicted octanol–water partition coefficient (Wildman–Crippen LogP) is 1.35. The van der Waals surface area contributed by atoms with E-state index >= 15 is 0 Å². The lowest BCUT2D eigenvalue weighted by Gasteiger charge is -2.04. The van der Waals surface area contributed by atoms with Crippen LogP contribution >= 0.6 is 11.8 Å². The normalized spacial score (nSPS) is 10.5. The Hall–Kier alpha value is -0.550. The maximum Gasteiger partial charge on any atom is 0.0587 e. The van der Waals surface area contributed by atoms with Crippen molar-refractivity contribution in [2.24, 2.45) is 5.84 Å². The van der Waals surface area contributed by atoms with E-state index in [2.05, 4.69) is 41.9 Å². The maximum atomic E-state index is 5.15. The van der Waals surface area contributed by atoms with Crippen LogP contribution in [0.25, 0.3) is 0 Å². The zero-order valence-corrected chi connectivity index (χ0v) is 9.94. The topological polar surface area (TPSA) is 50.1 Å². The lowest BCUT2D eigenvalue weighted by Crippen LogP contribution is -2.34. The van der Waals surface area contributed by atoms with Crippen molar-refractivity contribution in [2.45, 2.75) is 18.2 Å². The first-order valence-electron chi connectivity index (χ1n) is 5.22. The molecule has 0 spiro atoms. The zero-order chi connectivity index (χ0) is 10.9. The van der Waals surface area contributed by atoms with E-state index in [9.17, 15) is 0 Å². The van der Waals surface area contributed by atoms with Gasteiger partial charge in [-0.1, -0.05) is 19.1 Å². The Bertz CT molecular complexity index is 261. The van der Waals surface area contributed by atoms with Crippen LogP contribution in [-0.2, 0) is 6.42 Å². The van der Waals surface area contributed by atoms with Gasteiger partial charge in [0.25, 0.3) is 0 Å². The molecule has 0 heterocycles. The summed E-state index contributed by atoms with van der Waals surface area (Å²) in [6.45, 7) is 3.77. The molecule has 0 aromatic heterocycles. The van der Waals surface area contributed by atoms with Crippen LogP contribution in [0.3, 0.4) is 0 Å². The van der Waals surface area contributed by atoms with E-state index in [0.29, 0.717) is 6.67 Å². The lowest BCUT2D eigenvalue weighted by molar-refractivity contribution is 0.602. The van der Waals surface area contributed by atoms with Gasteiger partial charge in [0.1, 0.15) is 0 Å². The van der Waals surface area contributed by atoms with Crippen molar-refractivity contribution in [1.82, 2.24) is 10.7 Å². The molecule has 0 saturated carbocycles. The van der Waals surface area contributed by atoms with Crippen LogP contribution in [0.5, 0.6) is 0 Å². The Balaban J connectivity index is 2.29. The largest absolute Gasteiger partial charge is 0.303 e. The van der Waals surface area contributed by atoms with E-state index in [4.69, 9.17) is 5.84 Å². The molecule has 0 unspecified atom stereocenters. The molecular weight excluding hydrogens is 206 g/mol. The Morgan fingerprint density at radius 3 is 2.60 bits per heavy atom. The number of thioether (sulfide) groups is 1. The number of hydrogen-bond donors (Lipinski definition) is 3. The minimum atomic E-state index is 0.657. The van der Waals surface area contributed by atoms with Gasteiger partial charge in [0, 0.05) is 11.4 Å². The van der Waals surface area contributed by atoms with Crippen LogP contribution in [0, 0.1) is 0 Å². The summed E-state index contributed by atoms with van der Waals surface area (Å²) >= 11 is 1.87. The van der Waals surface area contributed by atoms with Gasteiger partial charge >= 0.3 is 0 Å². The van der Waals surface area contributed by atoms with Crippen molar-refractivity contribution in [3.63, 3.8) is 0 Å². The van der Waals surface area contributed by atoms with Gasteiger partial charge in [-0.25, -0.2) is 5.43 Å². The highest BCUT2D eigenvalue weighted by atomic mass is 32.2. The maximum absolute atomic E-state index is 5.15. The lowest BCUT2D eigenvalue weighted by atomic mass is 10.1. The van der Waals surface area contributed by atoms with Crippen molar-refractivity contribution in [1.29, 1.82) is 0 Å². The average Bonchev–Trinajstić information content (AvgIpc) is 2.27. The fourth-order valence-electron chi connectivity index (χ4n) is 1.31. The second-order valence-corrected chi connectivity index (χ2v) is 4.55. The Morgan fingerprint density at radius 2 is 2.00 bits per heavy atom. The number of hydrazine groups is 1. The summed E-state index contributed by atoms with van der Waals surface area (Å²) in [6.07, 6.45) is 1.04. The smallest absolute Gasteiger partial charge is 0.0587 e. The van der Waals surface area contributed by atoms with Crippen LogP contribution in [0.15, 0.2) is 29.2 Å². The molecule has 0 atom stereocenters. The van der Waals surface area contributed by atoms with E-state index in [1.54, 1.807) is 0 Å². The molecular formula is C11H19N3S. The molecule has 0 aliphatic rings. The van der Waals surface area contributed by atoms with Crippen molar-refractivity contribution < 1.29 is 0 Å². The third kappa shape index (κ3) is 5.18. The molecule has 0 radical (unpaired) electrons.